The van der Waals surface area contributed by atoms with Gasteiger partial charge in [-0.15, -0.1) is 0 Å². The van der Waals surface area contributed by atoms with Crippen molar-refractivity contribution in [1.82, 2.24) is 0 Å². The average Bonchev–Trinajstić information content (AvgIpc) is 2.98. The van der Waals surface area contributed by atoms with Crippen molar-refractivity contribution in [3.8, 4) is 0 Å². The topological polar surface area (TPSA) is 88.4 Å². The number of hydrogen-bond donors (Lipinski definition) is 3. The molecule has 0 saturated carbocycles. The van der Waals surface area contributed by atoms with Gasteiger partial charge in [0.2, 0.25) is 0 Å². The third kappa shape index (κ3) is 5.01. The second kappa shape index (κ2) is 10.2. The van der Waals surface area contributed by atoms with E-state index in [1.807, 2.05) is 0 Å². The van der Waals surface area contributed by atoms with E-state index in [2.05, 4.69) is 39.8 Å². The molecule has 182 valence electrons. The second-order valence-electron chi connectivity index (χ2n) is 10.8. The molecule has 32 heavy (non-hydrogen) atoms. The van der Waals surface area contributed by atoms with Gasteiger partial charge in [0.1, 0.15) is 24.4 Å². The van der Waals surface area contributed by atoms with Gasteiger partial charge in [-0.25, -0.2) is 0 Å². The summed E-state index contributed by atoms with van der Waals surface area (Å²) in [5.74, 6) is 2.91. The van der Waals surface area contributed by atoms with Crippen molar-refractivity contribution in [2.45, 2.75) is 103 Å². The van der Waals surface area contributed by atoms with Crippen LogP contribution < -0.4 is 0 Å². The minimum absolute atomic E-state index is 0.129. The Hall–Kier alpha value is -0.760. The molecule has 0 radical (unpaired) electrons. The van der Waals surface area contributed by atoms with Crippen LogP contribution >= 0.6 is 0 Å². The largest absolute Gasteiger partial charge is 0.387 e. The number of fused-ring (bicyclic) bond motifs is 3. The Bertz CT molecular complexity index is 702. The highest BCUT2D eigenvalue weighted by Gasteiger charge is 2.48. The van der Waals surface area contributed by atoms with Crippen LogP contribution in [-0.4, -0.2) is 58.9 Å². The quantitative estimate of drug-likeness (QED) is 0.537. The van der Waals surface area contributed by atoms with Gasteiger partial charge in [-0.3, -0.25) is 0 Å². The molecule has 0 aromatic rings. The zero-order chi connectivity index (χ0) is 23.0. The van der Waals surface area contributed by atoms with Crippen molar-refractivity contribution in [1.29, 1.82) is 0 Å². The fourth-order valence-electron chi connectivity index (χ4n) is 6.24. The molecule has 0 aromatic heterocycles. The molecule has 0 unspecified atom stereocenters. The van der Waals surface area contributed by atoms with Gasteiger partial charge in [0.15, 0.2) is 12.6 Å². The minimum atomic E-state index is -1.29. The van der Waals surface area contributed by atoms with E-state index in [4.69, 9.17) is 14.2 Å². The Morgan fingerprint density at radius 3 is 2.53 bits per heavy atom. The van der Waals surface area contributed by atoms with Gasteiger partial charge >= 0.3 is 0 Å². The van der Waals surface area contributed by atoms with Crippen molar-refractivity contribution in [2.24, 2.45) is 29.6 Å². The fraction of sp³-hybridized carbons (Fsp3) is 0.846. The van der Waals surface area contributed by atoms with E-state index in [1.54, 1.807) is 11.1 Å². The lowest BCUT2D eigenvalue weighted by molar-refractivity contribution is -0.304. The summed E-state index contributed by atoms with van der Waals surface area (Å²) in [6.45, 7) is 9.26. The van der Waals surface area contributed by atoms with Gasteiger partial charge in [0.25, 0.3) is 0 Å². The van der Waals surface area contributed by atoms with Gasteiger partial charge in [-0.1, -0.05) is 50.0 Å². The first kappa shape index (κ1) is 24.4. The van der Waals surface area contributed by atoms with Crippen molar-refractivity contribution >= 4 is 0 Å². The van der Waals surface area contributed by atoms with E-state index < -0.39 is 37.0 Å². The maximum atomic E-state index is 10.2. The van der Waals surface area contributed by atoms with Crippen LogP contribution in [0.1, 0.15) is 66.2 Å². The molecule has 4 rings (SSSR count). The highest BCUT2D eigenvalue weighted by molar-refractivity contribution is 5.21. The van der Waals surface area contributed by atoms with E-state index in [1.165, 1.54) is 25.7 Å². The van der Waals surface area contributed by atoms with Gasteiger partial charge < -0.3 is 29.5 Å². The van der Waals surface area contributed by atoms with Crippen LogP contribution in [0.5, 0.6) is 0 Å². The standard InChI is InChI=1S/C26H42O6/c1-14-8-10-18-16(3)9-11-19(20(18)12-14)15(2)6-5-7-17(4)25-30-13-21-22(27)23(28)24(29)26(31-21)32-25/h9,12,15,17-29H,5-8,10-11,13H2,1-4H3/t15-,17-,18-,19+,20-,21-,22-,23+,24+,25+,26+/m1/s1. The van der Waals surface area contributed by atoms with Gasteiger partial charge in [-0.2, -0.15) is 0 Å². The SMILES string of the molecule is CC1=C[C@H]2[C@H]([C@H](C)CCC[C@@H](C)[C@H]3OC[C@H]4O[C@@H](O3)[C@@H](O)[C@@H](O)[C@@H]4O)CC=C(C)[C@H]2CC1. The van der Waals surface area contributed by atoms with Crippen LogP contribution in [0.4, 0.5) is 0 Å². The molecule has 4 aliphatic rings. The molecular weight excluding hydrogens is 408 g/mol. The molecule has 0 aromatic carbocycles. The molecule has 2 bridgehead atoms. The number of aliphatic hydroxyl groups excluding tert-OH is 3. The lowest BCUT2D eigenvalue weighted by Crippen LogP contribution is -2.58. The third-order valence-electron chi connectivity index (χ3n) is 8.46. The normalized spacial score (nSPS) is 44.0. The fourth-order valence-corrected chi connectivity index (χ4v) is 6.24. The number of aliphatic hydroxyl groups is 3. The summed E-state index contributed by atoms with van der Waals surface area (Å²) < 4.78 is 17.3. The first-order valence-corrected chi connectivity index (χ1v) is 12.6. The van der Waals surface area contributed by atoms with Crippen molar-refractivity contribution in [3.05, 3.63) is 23.3 Å². The molecule has 3 N–H and O–H groups in total. The van der Waals surface area contributed by atoms with E-state index in [-0.39, 0.29) is 12.5 Å². The first-order chi connectivity index (χ1) is 15.3. The lowest BCUT2D eigenvalue weighted by atomic mass is 9.63. The molecule has 2 saturated heterocycles. The first-order valence-electron chi connectivity index (χ1n) is 12.6. The number of rotatable bonds is 6. The number of ether oxygens (including phenoxy) is 3. The van der Waals surface area contributed by atoms with E-state index in [0.717, 1.165) is 18.8 Å². The number of hydrogen-bond acceptors (Lipinski definition) is 6. The summed E-state index contributed by atoms with van der Waals surface area (Å²) >= 11 is 0. The Labute approximate surface area is 192 Å². The summed E-state index contributed by atoms with van der Waals surface area (Å²) in [5.41, 5.74) is 3.14. The predicted molar refractivity (Wildman–Crippen MR) is 122 cm³/mol. The minimum Gasteiger partial charge on any atom is -0.387 e. The zero-order valence-corrected chi connectivity index (χ0v) is 20.0. The summed E-state index contributed by atoms with van der Waals surface area (Å²) in [4.78, 5) is 0. The van der Waals surface area contributed by atoms with E-state index >= 15 is 0 Å². The summed E-state index contributed by atoms with van der Waals surface area (Å²) in [6, 6.07) is 0. The van der Waals surface area contributed by atoms with Gasteiger partial charge in [0.05, 0.1) is 6.61 Å². The Morgan fingerprint density at radius 1 is 1.00 bits per heavy atom. The molecular formula is C26H42O6. The monoisotopic (exact) mass is 450 g/mol. The zero-order valence-electron chi connectivity index (χ0n) is 20.0. The summed E-state index contributed by atoms with van der Waals surface area (Å²) in [7, 11) is 0. The molecule has 11 atom stereocenters. The predicted octanol–water partition coefficient (Wildman–Crippen LogP) is 3.55. The van der Waals surface area contributed by atoms with Crippen LogP contribution in [-0.2, 0) is 14.2 Å². The molecule has 2 fully saturated rings. The Morgan fingerprint density at radius 2 is 1.75 bits per heavy atom. The molecule has 6 heteroatoms. The van der Waals surface area contributed by atoms with Gasteiger partial charge in [0, 0.05) is 5.92 Å². The van der Waals surface area contributed by atoms with Gasteiger partial charge in [-0.05, 0) is 63.2 Å². The van der Waals surface area contributed by atoms with Crippen LogP contribution in [0.25, 0.3) is 0 Å². The smallest absolute Gasteiger partial charge is 0.189 e. The van der Waals surface area contributed by atoms with Crippen LogP contribution in [0, 0.1) is 29.6 Å². The highest BCUT2D eigenvalue weighted by Crippen LogP contribution is 2.46. The third-order valence-corrected chi connectivity index (χ3v) is 8.46. The maximum absolute atomic E-state index is 10.2. The van der Waals surface area contributed by atoms with E-state index in [0.29, 0.717) is 17.8 Å². The molecule has 2 heterocycles. The highest BCUT2D eigenvalue weighted by atomic mass is 16.8. The summed E-state index contributed by atoms with van der Waals surface area (Å²) in [6.07, 6.45) is 6.09. The Kier molecular flexibility index (Phi) is 7.80. The van der Waals surface area contributed by atoms with Crippen LogP contribution in [0.2, 0.25) is 0 Å². The molecule has 0 spiro atoms. The van der Waals surface area contributed by atoms with Crippen LogP contribution in [0.3, 0.4) is 0 Å². The average molecular weight is 451 g/mol. The maximum Gasteiger partial charge on any atom is 0.189 e. The summed E-state index contributed by atoms with van der Waals surface area (Å²) in [5, 5.41) is 30.3. The Balaban J connectivity index is 1.29. The van der Waals surface area contributed by atoms with Crippen molar-refractivity contribution in [3.63, 3.8) is 0 Å². The van der Waals surface area contributed by atoms with Crippen molar-refractivity contribution in [2.75, 3.05) is 6.61 Å². The molecule has 2 aliphatic carbocycles. The van der Waals surface area contributed by atoms with E-state index in [9.17, 15) is 15.3 Å². The lowest BCUT2D eigenvalue weighted by Gasteiger charge is -2.42. The van der Waals surface area contributed by atoms with Crippen molar-refractivity contribution < 1.29 is 29.5 Å². The van der Waals surface area contributed by atoms with Crippen LogP contribution in [0.15, 0.2) is 23.3 Å². The second-order valence-corrected chi connectivity index (χ2v) is 10.8. The molecule has 6 nitrogen and oxygen atoms in total. The number of allylic oxidation sites excluding steroid dienone is 4. The molecule has 2 aliphatic heterocycles. The molecule has 0 amide bonds.